The average molecular weight is 434 g/mol. The number of nitrogens with zero attached hydrogens (tertiary/aromatic N) is 4. The molecule has 0 saturated carbocycles. The maximum Gasteiger partial charge on any atom is 0.389 e. The lowest BCUT2D eigenvalue weighted by atomic mass is 10.0. The molecule has 0 unspecified atom stereocenters. The number of benzene rings is 1. The lowest BCUT2D eigenvalue weighted by molar-refractivity contribution is -0.133. The van der Waals surface area contributed by atoms with Crippen molar-refractivity contribution < 1.29 is 26.7 Å². The van der Waals surface area contributed by atoms with Crippen LogP contribution >= 0.6 is 0 Å². The fraction of sp³-hybridized carbons (Fsp3) is 0.190. The van der Waals surface area contributed by atoms with Gasteiger partial charge in [-0.15, -0.1) is 0 Å². The highest BCUT2D eigenvalue weighted by atomic mass is 19.4. The first-order valence-electron chi connectivity index (χ1n) is 9.18. The molecule has 4 aromatic rings. The first-order chi connectivity index (χ1) is 14.6. The van der Waals surface area contributed by atoms with E-state index in [1.165, 1.54) is 6.20 Å². The molecule has 0 aliphatic rings. The van der Waals surface area contributed by atoms with Crippen LogP contribution in [0.15, 0.2) is 49.1 Å². The van der Waals surface area contributed by atoms with Crippen molar-refractivity contribution in [2.75, 3.05) is 0 Å². The molecule has 31 heavy (non-hydrogen) atoms. The van der Waals surface area contributed by atoms with Crippen molar-refractivity contribution in [1.82, 2.24) is 19.2 Å². The third kappa shape index (κ3) is 4.18. The van der Waals surface area contributed by atoms with Gasteiger partial charge in [-0.05, 0) is 29.8 Å². The highest BCUT2D eigenvalue weighted by Crippen LogP contribution is 2.29. The van der Waals surface area contributed by atoms with Crippen molar-refractivity contribution in [3.05, 3.63) is 66.3 Å². The van der Waals surface area contributed by atoms with Crippen LogP contribution in [0.2, 0.25) is 0 Å². The number of pyridine rings is 1. The van der Waals surface area contributed by atoms with Crippen LogP contribution in [0.1, 0.15) is 23.2 Å². The minimum Gasteiger partial charge on any atom is -0.300 e. The molecule has 0 saturated heterocycles. The zero-order valence-electron chi connectivity index (χ0n) is 16.1. The lowest BCUT2D eigenvalue weighted by Crippen LogP contribution is -2.13. The summed E-state index contributed by atoms with van der Waals surface area (Å²) in [7, 11) is 1.79. The van der Waals surface area contributed by atoms with Gasteiger partial charge < -0.3 is 0 Å². The summed E-state index contributed by atoms with van der Waals surface area (Å²) in [6.45, 7) is 0. The second-order valence-electron chi connectivity index (χ2n) is 7.04. The smallest absolute Gasteiger partial charge is 0.300 e. The van der Waals surface area contributed by atoms with Gasteiger partial charge in [-0.1, -0.05) is 0 Å². The normalized spacial score (nSPS) is 11.9. The number of hydrogen-bond acceptors (Lipinski definition) is 3. The quantitative estimate of drug-likeness (QED) is 0.320. The molecule has 0 N–H and O–H groups in total. The highest BCUT2D eigenvalue weighted by molar-refractivity contribution is 5.97. The third-order valence-corrected chi connectivity index (χ3v) is 4.80. The maximum atomic E-state index is 14.5. The number of Topliss-reactive ketones (excluding diaryl/α,β-unsaturated/α-hetero) is 1. The largest absolute Gasteiger partial charge is 0.389 e. The van der Waals surface area contributed by atoms with E-state index >= 15 is 0 Å². The van der Waals surface area contributed by atoms with E-state index in [1.807, 2.05) is 6.20 Å². The standard InChI is InChI=1S/C21H15F5N4O/c1-29-11-14(9-28-29)12-3-5-30-17(10-27-19(30)8-12)13-6-15(22)20(16(23)7-13)18(31)2-4-21(24,25)26/h3,5-11H,2,4H2,1H3. The summed E-state index contributed by atoms with van der Waals surface area (Å²) in [5.74, 6) is -3.67. The molecule has 0 bridgehead atoms. The monoisotopic (exact) mass is 434 g/mol. The zero-order chi connectivity index (χ0) is 22.3. The number of rotatable bonds is 5. The Morgan fingerprint density at radius 1 is 1.03 bits per heavy atom. The fourth-order valence-electron chi connectivity index (χ4n) is 3.31. The third-order valence-electron chi connectivity index (χ3n) is 4.80. The molecule has 0 spiro atoms. The van der Waals surface area contributed by atoms with Crippen LogP contribution in [0.5, 0.6) is 0 Å². The van der Waals surface area contributed by atoms with Gasteiger partial charge >= 0.3 is 6.18 Å². The van der Waals surface area contributed by atoms with E-state index < -0.39 is 42.0 Å². The van der Waals surface area contributed by atoms with Gasteiger partial charge in [-0.2, -0.15) is 18.3 Å². The molecule has 3 heterocycles. The lowest BCUT2D eigenvalue weighted by Gasteiger charge is -2.09. The van der Waals surface area contributed by atoms with Crippen molar-refractivity contribution >= 4 is 11.4 Å². The van der Waals surface area contributed by atoms with Crippen LogP contribution in [0, 0.1) is 11.6 Å². The summed E-state index contributed by atoms with van der Waals surface area (Å²) in [5.41, 5.74) is 1.72. The Hall–Kier alpha value is -3.56. The van der Waals surface area contributed by atoms with Crippen LogP contribution in [0.4, 0.5) is 22.0 Å². The van der Waals surface area contributed by atoms with Crippen LogP contribution in [-0.2, 0) is 7.05 Å². The molecule has 0 amide bonds. The van der Waals surface area contributed by atoms with E-state index in [2.05, 4.69) is 10.1 Å². The van der Waals surface area contributed by atoms with Crippen LogP contribution in [0.25, 0.3) is 28.0 Å². The number of fused-ring (bicyclic) bond motifs is 1. The van der Waals surface area contributed by atoms with E-state index in [0.29, 0.717) is 11.3 Å². The van der Waals surface area contributed by atoms with E-state index in [1.54, 1.807) is 40.7 Å². The van der Waals surface area contributed by atoms with Gasteiger partial charge in [-0.25, -0.2) is 13.8 Å². The van der Waals surface area contributed by atoms with E-state index in [-0.39, 0.29) is 5.56 Å². The Balaban J connectivity index is 1.67. The molecule has 0 atom stereocenters. The topological polar surface area (TPSA) is 52.2 Å². The van der Waals surface area contributed by atoms with Crippen molar-refractivity contribution in [2.24, 2.45) is 7.05 Å². The second kappa shape index (κ2) is 7.60. The molecule has 3 aromatic heterocycles. The van der Waals surface area contributed by atoms with E-state index in [9.17, 15) is 26.7 Å². The molecule has 160 valence electrons. The molecule has 1 aromatic carbocycles. The molecular weight excluding hydrogens is 419 g/mol. The van der Waals surface area contributed by atoms with Gasteiger partial charge in [0.05, 0.1) is 30.1 Å². The molecule has 0 fully saturated rings. The van der Waals surface area contributed by atoms with Gasteiger partial charge in [0.15, 0.2) is 5.78 Å². The van der Waals surface area contributed by atoms with Crippen molar-refractivity contribution in [3.8, 4) is 22.4 Å². The Labute approximate surface area is 172 Å². The van der Waals surface area contributed by atoms with Gasteiger partial charge in [0.1, 0.15) is 17.3 Å². The molecule has 0 aliphatic heterocycles. The predicted molar refractivity (Wildman–Crippen MR) is 102 cm³/mol. The predicted octanol–water partition coefficient (Wildman–Crippen LogP) is 5.21. The number of halogens is 5. The van der Waals surface area contributed by atoms with Gasteiger partial charge in [0.2, 0.25) is 0 Å². The summed E-state index contributed by atoms with van der Waals surface area (Å²) in [6, 6.07) is 5.41. The first-order valence-corrected chi connectivity index (χ1v) is 9.18. The van der Waals surface area contributed by atoms with Gasteiger partial charge in [0.25, 0.3) is 0 Å². The molecule has 0 radical (unpaired) electrons. The summed E-state index contributed by atoms with van der Waals surface area (Å²) in [5, 5.41) is 4.11. The molecule has 0 aliphatic carbocycles. The number of carbonyl (C=O) groups excluding carboxylic acids is 1. The Bertz CT molecular complexity index is 1270. The van der Waals surface area contributed by atoms with Gasteiger partial charge in [0, 0.05) is 37.0 Å². The number of hydrogen-bond donors (Lipinski definition) is 0. The second-order valence-corrected chi connectivity index (χ2v) is 7.04. The average Bonchev–Trinajstić information content (AvgIpc) is 3.31. The molecule has 5 nitrogen and oxygen atoms in total. The van der Waals surface area contributed by atoms with Gasteiger partial charge in [-0.3, -0.25) is 13.9 Å². The first kappa shape index (κ1) is 20.7. The van der Waals surface area contributed by atoms with Crippen molar-refractivity contribution in [1.29, 1.82) is 0 Å². The minimum absolute atomic E-state index is 0.101. The zero-order valence-corrected chi connectivity index (χ0v) is 16.1. The number of aryl methyl sites for hydroxylation is 1. The van der Waals surface area contributed by atoms with Crippen LogP contribution in [-0.4, -0.2) is 31.1 Å². The Morgan fingerprint density at radius 2 is 1.74 bits per heavy atom. The number of imidazole rings is 1. The fourth-order valence-corrected chi connectivity index (χ4v) is 3.31. The van der Waals surface area contributed by atoms with Crippen molar-refractivity contribution in [3.63, 3.8) is 0 Å². The number of aromatic nitrogens is 4. The number of carbonyl (C=O) groups is 1. The SMILES string of the molecule is Cn1cc(-c2ccn3c(-c4cc(F)c(C(=O)CCC(F)(F)F)c(F)c4)cnc3c2)cn1. The summed E-state index contributed by atoms with van der Waals surface area (Å²) in [6.07, 6.45) is -0.444. The highest BCUT2D eigenvalue weighted by Gasteiger charge is 2.30. The molecule has 4 rings (SSSR count). The van der Waals surface area contributed by atoms with E-state index in [0.717, 1.165) is 23.3 Å². The van der Waals surface area contributed by atoms with Crippen LogP contribution < -0.4 is 0 Å². The van der Waals surface area contributed by atoms with Crippen molar-refractivity contribution in [2.45, 2.75) is 19.0 Å². The maximum absolute atomic E-state index is 14.5. The van der Waals surface area contributed by atoms with E-state index in [4.69, 9.17) is 0 Å². The van der Waals surface area contributed by atoms with Crippen LogP contribution in [0.3, 0.4) is 0 Å². The molecule has 10 heteroatoms. The minimum atomic E-state index is -4.59. The summed E-state index contributed by atoms with van der Waals surface area (Å²) >= 11 is 0. The number of alkyl halides is 3. The Morgan fingerprint density at radius 3 is 2.35 bits per heavy atom. The Kier molecular flexibility index (Phi) is 5.08. The molecular formula is C21H15F5N4O. The number of ketones is 1. The summed E-state index contributed by atoms with van der Waals surface area (Å²) in [4.78, 5) is 16.2. The summed E-state index contributed by atoms with van der Waals surface area (Å²) < 4.78 is 69.2.